The van der Waals surface area contributed by atoms with Crippen LogP contribution in [0.5, 0.6) is 0 Å². The van der Waals surface area contributed by atoms with Gasteiger partial charge in [-0.2, -0.15) is 0 Å². The van der Waals surface area contributed by atoms with Crippen molar-refractivity contribution in [1.82, 2.24) is 4.98 Å². The Bertz CT molecular complexity index is 862. The van der Waals surface area contributed by atoms with Crippen molar-refractivity contribution in [2.75, 3.05) is 11.0 Å². The minimum atomic E-state index is -3.86. The van der Waals surface area contributed by atoms with Gasteiger partial charge in [0.1, 0.15) is 10.0 Å². The Morgan fingerprint density at radius 1 is 1.05 bits per heavy atom. The molecule has 0 aliphatic heterocycles. The standard InChI is InChI=1S/C12H11ClN2O4S2/c1-20(16,17)10-4-2-3-9(7-10)15-21(18,19)11-5-6-12(13)14-8-11/h2-8,15H,1H3. The summed E-state index contributed by atoms with van der Waals surface area (Å²) >= 11 is 5.60. The highest BCUT2D eigenvalue weighted by atomic mass is 35.5. The number of sulfonamides is 1. The number of pyridine rings is 1. The molecule has 0 atom stereocenters. The van der Waals surface area contributed by atoms with E-state index in [0.29, 0.717) is 0 Å². The molecule has 1 aromatic heterocycles. The van der Waals surface area contributed by atoms with Gasteiger partial charge in [0.2, 0.25) is 0 Å². The average Bonchev–Trinajstić information content (AvgIpc) is 2.38. The molecule has 0 spiro atoms. The Kier molecular flexibility index (Phi) is 4.22. The maximum Gasteiger partial charge on any atom is 0.263 e. The lowest BCUT2D eigenvalue weighted by Crippen LogP contribution is -2.13. The monoisotopic (exact) mass is 346 g/mol. The van der Waals surface area contributed by atoms with Gasteiger partial charge in [0.25, 0.3) is 10.0 Å². The van der Waals surface area contributed by atoms with Crippen LogP contribution in [0.2, 0.25) is 5.15 Å². The van der Waals surface area contributed by atoms with E-state index in [4.69, 9.17) is 11.6 Å². The van der Waals surface area contributed by atoms with Crippen LogP contribution in [-0.4, -0.2) is 28.1 Å². The van der Waals surface area contributed by atoms with Gasteiger partial charge in [-0.3, -0.25) is 4.72 Å². The molecule has 6 nitrogen and oxygen atoms in total. The van der Waals surface area contributed by atoms with E-state index in [1.165, 1.54) is 36.4 Å². The molecule has 0 fully saturated rings. The van der Waals surface area contributed by atoms with Gasteiger partial charge >= 0.3 is 0 Å². The summed E-state index contributed by atoms with van der Waals surface area (Å²) in [4.78, 5) is 3.65. The van der Waals surface area contributed by atoms with Crippen molar-refractivity contribution in [3.8, 4) is 0 Å². The molecule has 2 rings (SSSR count). The summed E-state index contributed by atoms with van der Waals surface area (Å²) in [6, 6.07) is 8.19. The van der Waals surface area contributed by atoms with E-state index in [0.717, 1.165) is 12.5 Å². The van der Waals surface area contributed by atoms with E-state index < -0.39 is 19.9 Å². The smallest absolute Gasteiger partial charge is 0.263 e. The Hall–Kier alpha value is -1.64. The van der Waals surface area contributed by atoms with E-state index in [-0.39, 0.29) is 20.6 Å². The van der Waals surface area contributed by atoms with Crippen molar-refractivity contribution in [2.45, 2.75) is 9.79 Å². The van der Waals surface area contributed by atoms with Gasteiger partial charge in [0, 0.05) is 12.5 Å². The van der Waals surface area contributed by atoms with Crippen LogP contribution >= 0.6 is 11.6 Å². The van der Waals surface area contributed by atoms with Crippen LogP contribution in [0.1, 0.15) is 0 Å². The van der Waals surface area contributed by atoms with Crippen LogP contribution in [0, 0.1) is 0 Å². The van der Waals surface area contributed by atoms with Gasteiger partial charge in [-0.1, -0.05) is 17.7 Å². The van der Waals surface area contributed by atoms with Crippen molar-refractivity contribution in [3.05, 3.63) is 47.7 Å². The molecule has 1 heterocycles. The third kappa shape index (κ3) is 3.93. The normalized spacial score (nSPS) is 12.1. The Morgan fingerprint density at radius 3 is 2.33 bits per heavy atom. The van der Waals surface area contributed by atoms with Crippen molar-refractivity contribution < 1.29 is 16.8 Å². The lowest BCUT2D eigenvalue weighted by atomic mass is 10.3. The fourth-order valence-corrected chi connectivity index (χ4v) is 3.30. The molecule has 2 aromatic rings. The SMILES string of the molecule is CS(=O)(=O)c1cccc(NS(=O)(=O)c2ccc(Cl)nc2)c1. The minimum absolute atomic E-state index is 0.0249. The van der Waals surface area contributed by atoms with Gasteiger partial charge in [-0.15, -0.1) is 0 Å². The average molecular weight is 347 g/mol. The minimum Gasteiger partial charge on any atom is -0.280 e. The van der Waals surface area contributed by atoms with Crippen LogP contribution in [0.4, 0.5) is 5.69 Å². The molecule has 0 bridgehead atoms. The van der Waals surface area contributed by atoms with E-state index in [9.17, 15) is 16.8 Å². The first-order valence-corrected chi connectivity index (χ1v) is 9.38. The number of hydrogen-bond acceptors (Lipinski definition) is 5. The van der Waals surface area contributed by atoms with Gasteiger partial charge in [0.15, 0.2) is 9.84 Å². The number of benzene rings is 1. The molecule has 112 valence electrons. The lowest BCUT2D eigenvalue weighted by Gasteiger charge is -2.08. The first-order valence-electron chi connectivity index (χ1n) is 5.63. The third-order valence-corrected chi connectivity index (χ3v) is 5.23. The first-order chi connectivity index (χ1) is 9.68. The maximum absolute atomic E-state index is 12.1. The molecule has 0 saturated heterocycles. The molecule has 0 unspecified atom stereocenters. The number of sulfone groups is 1. The fraction of sp³-hybridized carbons (Fsp3) is 0.0833. The molecular weight excluding hydrogens is 336 g/mol. The Labute approximate surface area is 127 Å². The lowest BCUT2D eigenvalue weighted by molar-refractivity contribution is 0.598. The number of aromatic nitrogens is 1. The fourth-order valence-electron chi connectivity index (χ4n) is 1.53. The number of rotatable bonds is 4. The molecular formula is C12H11ClN2O4S2. The van der Waals surface area contributed by atoms with Gasteiger partial charge < -0.3 is 0 Å². The highest BCUT2D eigenvalue weighted by Gasteiger charge is 2.16. The summed E-state index contributed by atoms with van der Waals surface area (Å²) in [5.74, 6) is 0. The Morgan fingerprint density at radius 2 is 1.76 bits per heavy atom. The predicted octanol–water partition coefficient (Wildman–Crippen LogP) is 1.94. The molecule has 0 amide bonds. The molecule has 1 N–H and O–H groups in total. The summed E-state index contributed by atoms with van der Waals surface area (Å²) in [5.41, 5.74) is 0.146. The largest absolute Gasteiger partial charge is 0.280 e. The van der Waals surface area contributed by atoms with Gasteiger partial charge in [-0.05, 0) is 30.3 Å². The molecule has 9 heteroatoms. The highest BCUT2D eigenvalue weighted by molar-refractivity contribution is 7.92. The molecule has 1 aromatic carbocycles. The summed E-state index contributed by atoms with van der Waals surface area (Å²) < 4.78 is 49.5. The summed E-state index contributed by atoms with van der Waals surface area (Å²) in [6.07, 6.45) is 2.16. The molecule has 0 aliphatic rings. The zero-order valence-corrected chi connectivity index (χ0v) is 13.2. The van der Waals surface area contributed by atoms with E-state index in [1.807, 2.05) is 0 Å². The van der Waals surface area contributed by atoms with Crippen LogP contribution in [0.25, 0.3) is 0 Å². The number of nitrogens with one attached hydrogen (secondary N) is 1. The van der Waals surface area contributed by atoms with Gasteiger partial charge in [-0.25, -0.2) is 21.8 Å². The molecule has 0 aliphatic carbocycles. The number of nitrogens with zero attached hydrogens (tertiary/aromatic N) is 1. The van der Waals surface area contributed by atoms with Crippen LogP contribution < -0.4 is 4.72 Å². The number of hydrogen-bond donors (Lipinski definition) is 1. The number of anilines is 1. The molecule has 0 radical (unpaired) electrons. The second-order valence-electron chi connectivity index (χ2n) is 4.22. The highest BCUT2D eigenvalue weighted by Crippen LogP contribution is 2.19. The van der Waals surface area contributed by atoms with Crippen molar-refractivity contribution in [2.24, 2.45) is 0 Å². The van der Waals surface area contributed by atoms with E-state index >= 15 is 0 Å². The second-order valence-corrected chi connectivity index (χ2v) is 8.31. The van der Waals surface area contributed by atoms with E-state index in [2.05, 4.69) is 9.71 Å². The molecule has 21 heavy (non-hydrogen) atoms. The van der Waals surface area contributed by atoms with Crippen molar-refractivity contribution >= 4 is 37.1 Å². The zero-order valence-electron chi connectivity index (χ0n) is 10.8. The van der Waals surface area contributed by atoms with Crippen molar-refractivity contribution in [3.63, 3.8) is 0 Å². The predicted molar refractivity (Wildman–Crippen MR) is 79.6 cm³/mol. The van der Waals surface area contributed by atoms with Gasteiger partial charge in [0.05, 0.1) is 10.6 Å². The van der Waals surface area contributed by atoms with E-state index in [1.54, 1.807) is 0 Å². The molecule has 0 saturated carbocycles. The van der Waals surface area contributed by atoms with Crippen LogP contribution in [0.15, 0.2) is 52.4 Å². The summed E-state index contributed by atoms with van der Waals surface area (Å²) in [7, 11) is -7.27. The van der Waals surface area contributed by atoms with Crippen LogP contribution in [-0.2, 0) is 19.9 Å². The summed E-state index contributed by atoms with van der Waals surface area (Å²) in [5, 5.41) is 0.174. The van der Waals surface area contributed by atoms with Crippen molar-refractivity contribution in [1.29, 1.82) is 0 Å². The quantitative estimate of drug-likeness (QED) is 0.854. The summed E-state index contributed by atoms with van der Waals surface area (Å²) in [6.45, 7) is 0. The first kappa shape index (κ1) is 15.7. The zero-order chi connectivity index (χ0) is 15.7. The number of halogens is 1. The topological polar surface area (TPSA) is 93.2 Å². The maximum atomic E-state index is 12.1. The third-order valence-electron chi connectivity index (χ3n) is 2.52. The second kappa shape index (κ2) is 5.63. The Balaban J connectivity index is 2.35. The van der Waals surface area contributed by atoms with Crippen LogP contribution in [0.3, 0.4) is 0 Å².